The third-order valence-electron chi connectivity index (χ3n) is 3.82. The Kier molecular flexibility index (Phi) is 5.10. The lowest BCUT2D eigenvalue weighted by atomic mass is 9.91. The van der Waals surface area contributed by atoms with Gasteiger partial charge in [0, 0.05) is 0 Å². The van der Waals surface area contributed by atoms with E-state index >= 15 is 0 Å². The molecule has 0 aromatic heterocycles. The Balaban J connectivity index is 2.57. The summed E-state index contributed by atoms with van der Waals surface area (Å²) in [6, 6.07) is 12.7. The van der Waals surface area contributed by atoms with Crippen LogP contribution in [0.4, 0.5) is 0 Å². The van der Waals surface area contributed by atoms with Gasteiger partial charge in [0.15, 0.2) is 11.5 Å². The number of aromatic hydroxyl groups is 2. The van der Waals surface area contributed by atoms with Gasteiger partial charge in [0.25, 0.3) is 0 Å². The molecule has 0 aliphatic heterocycles. The zero-order chi connectivity index (χ0) is 16.1. The second kappa shape index (κ2) is 7.03. The molecule has 0 aliphatic carbocycles. The van der Waals surface area contributed by atoms with E-state index in [1.54, 1.807) is 25.3 Å². The van der Waals surface area contributed by atoms with Gasteiger partial charge in [-0.25, -0.2) is 0 Å². The maximum atomic E-state index is 9.76. The van der Waals surface area contributed by atoms with Crippen LogP contribution >= 0.6 is 0 Å². The summed E-state index contributed by atoms with van der Waals surface area (Å²) in [6.45, 7) is 4.24. The first-order valence-corrected chi connectivity index (χ1v) is 7.49. The largest absolute Gasteiger partial charge is 0.508 e. The molecule has 22 heavy (non-hydrogen) atoms. The highest BCUT2D eigenvalue weighted by molar-refractivity contribution is 5.91. The fourth-order valence-electron chi connectivity index (χ4n) is 2.71. The molecule has 2 N–H and O–H groups in total. The zero-order valence-electron chi connectivity index (χ0n) is 13.3. The highest BCUT2D eigenvalue weighted by Gasteiger charge is 2.11. The number of methoxy groups -OCH3 is 1. The van der Waals surface area contributed by atoms with Crippen LogP contribution in [0.15, 0.2) is 42.5 Å². The molecule has 0 radical (unpaired) electrons. The van der Waals surface area contributed by atoms with Crippen LogP contribution in [0.2, 0.25) is 0 Å². The van der Waals surface area contributed by atoms with E-state index in [9.17, 15) is 10.2 Å². The molecule has 0 heterocycles. The molecule has 0 amide bonds. The summed E-state index contributed by atoms with van der Waals surface area (Å²) in [5.41, 5.74) is 4.59. The topological polar surface area (TPSA) is 49.7 Å². The normalized spacial score (nSPS) is 12.0. The van der Waals surface area contributed by atoms with Crippen LogP contribution in [0.1, 0.15) is 37.8 Å². The first kappa shape index (κ1) is 16.0. The van der Waals surface area contributed by atoms with Crippen molar-refractivity contribution in [1.29, 1.82) is 0 Å². The van der Waals surface area contributed by atoms with E-state index in [-0.39, 0.29) is 11.5 Å². The van der Waals surface area contributed by atoms with Gasteiger partial charge in [0.1, 0.15) is 5.75 Å². The van der Waals surface area contributed by atoms with Crippen molar-refractivity contribution >= 4 is 11.1 Å². The molecular weight excluding hydrogens is 276 g/mol. The van der Waals surface area contributed by atoms with E-state index in [1.165, 1.54) is 11.1 Å². The van der Waals surface area contributed by atoms with Crippen molar-refractivity contribution in [3.63, 3.8) is 0 Å². The number of phenols is 2. The van der Waals surface area contributed by atoms with Crippen LogP contribution in [-0.4, -0.2) is 17.3 Å². The highest BCUT2D eigenvalue weighted by Crippen LogP contribution is 2.35. The summed E-state index contributed by atoms with van der Waals surface area (Å²) in [7, 11) is 1.55. The molecule has 0 aliphatic rings. The summed E-state index contributed by atoms with van der Waals surface area (Å²) < 4.78 is 5.21. The number of hydrogen-bond donors (Lipinski definition) is 2. The maximum Gasteiger partial charge on any atom is 0.161 e. The first-order valence-electron chi connectivity index (χ1n) is 7.49. The molecule has 0 bridgehead atoms. The highest BCUT2D eigenvalue weighted by atomic mass is 16.5. The Bertz CT molecular complexity index is 670. The number of allylic oxidation sites excluding steroid dienone is 2. The van der Waals surface area contributed by atoms with E-state index in [2.05, 4.69) is 13.8 Å². The molecule has 0 atom stereocenters. The Morgan fingerprint density at radius 2 is 1.41 bits per heavy atom. The van der Waals surface area contributed by atoms with E-state index in [4.69, 9.17) is 4.74 Å². The van der Waals surface area contributed by atoms with Crippen LogP contribution in [0.3, 0.4) is 0 Å². The second-order valence-corrected chi connectivity index (χ2v) is 5.10. The Morgan fingerprint density at radius 1 is 0.864 bits per heavy atom. The quantitative estimate of drug-likeness (QED) is 0.777. The van der Waals surface area contributed by atoms with Crippen LogP contribution < -0.4 is 4.74 Å². The predicted octanol–water partition coefficient (Wildman–Crippen LogP) is 4.84. The van der Waals surface area contributed by atoms with Crippen LogP contribution in [0.5, 0.6) is 17.2 Å². The molecule has 3 heteroatoms. The van der Waals surface area contributed by atoms with Crippen molar-refractivity contribution in [3.05, 3.63) is 53.6 Å². The van der Waals surface area contributed by atoms with Gasteiger partial charge in [-0.1, -0.05) is 32.0 Å². The molecule has 2 rings (SSSR count). The summed E-state index contributed by atoms with van der Waals surface area (Å²) in [6.07, 6.45) is 1.76. The van der Waals surface area contributed by atoms with Crippen molar-refractivity contribution in [2.75, 3.05) is 7.11 Å². The maximum absolute atomic E-state index is 9.76. The van der Waals surface area contributed by atoms with Crippen molar-refractivity contribution < 1.29 is 14.9 Å². The average molecular weight is 298 g/mol. The summed E-state index contributed by atoms with van der Waals surface area (Å²) in [5.74, 6) is 0.887. The molecular formula is C19H22O3. The Hall–Kier alpha value is -2.42. The number of benzene rings is 2. The van der Waals surface area contributed by atoms with Crippen LogP contribution in [0.25, 0.3) is 11.1 Å². The van der Waals surface area contributed by atoms with Crippen molar-refractivity contribution in [2.45, 2.75) is 26.7 Å². The van der Waals surface area contributed by atoms with E-state index in [0.29, 0.717) is 5.75 Å². The van der Waals surface area contributed by atoms with Crippen molar-refractivity contribution in [3.8, 4) is 17.2 Å². The van der Waals surface area contributed by atoms with Gasteiger partial charge in [-0.15, -0.1) is 0 Å². The minimum absolute atomic E-state index is 0.143. The SMILES string of the molecule is CC/C(=C(/CC)c1ccc(O)c(OC)c1)c1ccc(O)cc1. The molecule has 116 valence electrons. The molecule has 0 saturated carbocycles. The predicted molar refractivity (Wildman–Crippen MR) is 90.2 cm³/mol. The smallest absolute Gasteiger partial charge is 0.161 e. The average Bonchev–Trinajstić information content (AvgIpc) is 2.54. The van der Waals surface area contributed by atoms with Gasteiger partial charge in [-0.2, -0.15) is 0 Å². The van der Waals surface area contributed by atoms with Crippen molar-refractivity contribution in [1.82, 2.24) is 0 Å². The van der Waals surface area contributed by atoms with Gasteiger partial charge >= 0.3 is 0 Å². The lowest BCUT2D eigenvalue weighted by Crippen LogP contribution is -1.93. The van der Waals surface area contributed by atoms with Gasteiger partial charge < -0.3 is 14.9 Å². The minimum Gasteiger partial charge on any atom is -0.508 e. The van der Waals surface area contributed by atoms with Gasteiger partial charge in [0.2, 0.25) is 0 Å². The number of hydrogen-bond acceptors (Lipinski definition) is 3. The number of phenolic OH excluding ortho intramolecular Hbond substituents is 2. The molecule has 0 fully saturated rings. The van der Waals surface area contributed by atoms with E-state index in [0.717, 1.165) is 24.0 Å². The van der Waals surface area contributed by atoms with Gasteiger partial charge in [-0.05, 0) is 59.4 Å². The van der Waals surface area contributed by atoms with Crippen molar-refractivity contribution in [2.24, 2.45) is 0 Å². The molecule has 2 aromatic rings. The number of ether oxygens (including phenoxy) is 1. The minimum atomic E-state index is 0.143. The second-order valence-electron chi connectivity index (χ2n) is 5.10. The lowest BCUT2D eigenvalue weighted by molar-refractivity contribution is 0.373. The van der Waals surface area contributed by atoms with Gasteiger partial charge in [-0.3, -0.25) is 0 Å². The first-order chi connectivity index (χ1) is 10.6. The summed E-state index contributed by atoms with van der Waals surface area (Å²) in [4.78, 5) is 0. The van der Waals surface area contributed by atoms with E-state index < -0.39 is 0 Å². The summed E-state index contributed by atoms with van der Waals surface area (Å²) >= 11 is 0. The third kappa shape index (κ3) is 3.25. The van der Waals surface area contributed by atoms with Crippen LogP contribution in [0, 0.1) is 0 Å². The van der Waals surface area contributed by atoms with Gasteiger partial charge in [0.05, 0.1) is 7.11 Å². The lowest BCUT2D eigenvalue weighted by Gasteiger charge is -2.15. The standard InChI is InChI=1S/C19H22O3/c1-4-16(13-6-9-15(20)10-7-13)17(5-2)14-8-11-18(21)19(12-14)22-3/h6-12,20-21H,4-5H2,1-3H3/b17-16+. The molecule has 0 spiro atoms. The third-order valence-corrected chi connectivity index (χ3v) is 3.82. The fraction of sp³-hybridized carbons (Fsp3) is 0.263. The molecule has 0 saturated heterocycles. The fourth-order valence-corrected chi connectivity index (χ4v) is 2.71. The van der Waals surface area contributed by atoms with Crippen LogP contribution in [-0.2, 0) is 0 Å². The Morgan fingerprint density at radius 3 is 1.95 bits per heavy atom. The van der Waals surface area contributed by atoms with E-state index in [1.807, 2.05) is 24.3 Å². The monoisotopic (exact) mass is 298 g/mol. The molecule has 0 unspecified atom stereocenters. The Labute approximate surface area is 131 Å². The summed E-state index contributed by atoms with van der Waals surface area (Å²) in [5, 5.41) is 19.2. The number of rotatable bonds is 5. The zero-order valence-corrected chi connectivity index (χ0v) is 13.3. The molecule has 3 nitrogen and oxygen atoms in total. The molecule has 2 aromatic carbocycles.